The van der Waals surface area contributed by atoms with Crippen molar-refractivity contribution in [3.05, 3.63) is 22.0 Å². The molecule has 0 aliphatic heterocycles. The van der Waals surface area contributed by atoms with E-state index >= 15 is 0 Å². The smallest absolute Gasteiger partial charge is 0.185 e. The molecule has 1 aromatic rings. The van der Waals surface area contributed by atoms with Gasteiger partial charge in [-0.2, -0.15) is 0 Å². The molecule has 0 unspecified atom stereocenters. The number of hydrogen-bond donors (Lipinski definition) is 2. The lowest BCUT2D eigenvalue weighted by Gasteiger charge is -2.11. The van der Waals surface area contributed by atoms with Crippen LogP contribution in [0.3, 0.4) is 0 Å². The van der Waals surface area contributed by atoms with Crippen LogP contribution in [0.15, 0.2) is 17.5 Å². The Hall–Kier alpha value is -0.580. The second-order valence-corrected chi connectivity index (χ2v) is 4.74. The Labute approximate surface area is 91.4 Å². The number of aromatic nitrogens is 1. The minimum atomic E-state index is 0.215. The Morgan fingerprint density at radius 2 is 2.50 bits per heavy atom. The van der Waals surface area contributed by atoms with E-state index in [4.69, 9.17) is 16.7 Å². The van der Waals surface area contributed by atoms with Gasteiger partial charge in [-0.3, -0.25) is 0 Å². The number of nitrogens with zero attached hydrogens (tertiary/aromatic N) is 1. The van der Waals surface area contributed by atoms with Crippen LogP contribution in [0.25, 0.3) is 0 Å². The normalized spacial score (nSPS) is 25.6. The lowest BCUT2D eigenvalue weighted by molar-refractivity contribution is 0.250. The average Bonchev–Trinajstić information content (AvgIpc) is 2.76. The Morgan fingerprint density at radius 1 is 1.64 bits per heavy atom. The van der Waals surface area contributed by atoms with Crippen molar-refractivity contribution in [1.82, 2.24) is 4.98 Å². The van der Waals surface area contributed by atoms with E-state index in [2.05, 4.69) is 16.4 Å². The van der Waals surface area contributed by atoms with E-state index in [1.807, 2.05) is 11.5 Å². The van der Waals surface area contributed by atoms with Crippen molar-refractivity contribution in [2.24, 2.45) is 5.92 Å². The van der Waals surface area contributed by atoms with E-state index in [1.54, 1.807) is 0 Å². The van der Waals surface area contributed by atoms with Gasteiger partial charge in [-0.1, -0.05) is 23.8 Å². The van der Waals surface area contributed by atoms with Gasteiger partial charge in [0.1, 0.15) is 5.82 Å². The van der Waals surface area contributed by atoms with Crippen molar-refractivity contribution in [3.8, 4) is 0 Å². The van der Waals surface area contributed by atoms with Gasteiger partial charge in [0.05, 0.1) is 0 Å². The fourth-order valence-electron chi connectivity index (χ4n) is 1.53. The Kier molecular flexibility index (Phi) is 3.05. The van der Waals surface area contributed by atoms with Crippen LogP contribution in [0.5, 0.6) is 0 Å². The van der Waals surface area contributed by atoms with Gasteiger partial charge < -0.3 is 10.4 Å². The summed E-state index contributed by atoms with van der Waals surface area (Å²) in [6.07, 6.45) is 5.02. The molecule has 0 aromatic carbocycles. The third-order valence-electron chi connectivity index (χ3n) is 2.22. The zero-order valence-electron chi connectivity index (χ0n) is 7.48. The number of rotatable bonds is 3. The molecular formula is C9H11ClN2OS. The predicted octanol–water partition coefficient (Wildman–Crippen LogP) is 2.15. The van der Waals surface area contributed by atoms with Gasteiger partial charge in [-0.05, 0) is 6.42 Å². The van der Waals surface area contributed by atoms with Gasteiger partial charge in [-0.25, -0.2) is 4.98 Å². The van der Waals surface area contributed by atoms with Gasteiger partial charge in [0, 0.05) is 23.9 Å². The molecule has 1 aliphatic carbocycles. The maximum absolute atomic E-state index is 8.94. The first-order chi connectivity index (χ1) is 6.78. The summed E-state index contributed by atoms with van der Waals surface area (Å²) in [6.45, 7) is 0.215. The molecule has 0 bridgehead atoms. The van der Waals surface area contributed by atoms with Gasteiger partial charge in [0.25, 0.3) is 0 Å². The first-order valence-electron chi connectivity index (χ1n) is 4.44. The van der Waals surface area contributed by atoms with Gasteiger partial charge in [-0.15, -0.1) is 11.3 Å². The molecular weight excluding hydrogens is 220 g/mol. The number of hydrogen-bond acceptors (Lipinski definition) is 4. The molecule has 2 N–H and O–H groups in total. The molecule has 0 amide bonds. The van der Waals surface area contributed by atoms with E-state index in [-0.39, 0.29) is 18.6 Å². The van der Waals surface area contributed by atoms with Crippen LogP contribution in [0.1, 0.15) is 6.42 Å². The molecule has 0 spiro atoms. The molecule has 5 heteroatoms. The first kappa shape index (κ1) is 9.96. The van der Waals surface area contributed by atoms with Crippen LogP contribution in [0.2, 0.25) is 4.47 Å². The number of halogens is 1. The Bertz CT molecular complexity index is 339. The largest absolute Gasteiger partial charge is 0.396 e. The third-order valence-corrected chi connectivity index (χ3v) is 3.19. The summed E-state index contributed by atoms with van der Waals surface area (Å²) < 4.78 is 0.549. The number of aliphatic hydroxyl groups is 1. The SMILES string of the molecule is OC[C@H]1C=C[C@@H](Nc2csc(Cl)n2)C1. The predicted molar refractivity (Wildman–Crippen MR) is 58.9 cm³/mol. The summed E-state index contributed by atoms with van der Waals surface area (Å²) in [6, 6.07) is 0.269. The number of nitrogens with one attached hydrogen (secondary N) is 1. The zero-order valence-corrected chi connectivity index (χ0v) is 9.05. The summed E-state index contributed by atoms with van der Waals surface area (Å²) in [5.41, 5.74) is 0. The van der Waals surface area contributed by atoms with Crippen LogP contribution in [-0.2, 0) is 0 Å². The van der Waals surface area contributed by atoms with E-state index in [9.17, 15) is 0 Å². The van der Waals surface area contributed by atoms with Crippen LogP contribution >= 0.6 is 22.9 Å². The van der Waals surface area contributed by atoms with Crippen molar-refractivity contribution in [3.63, 3.8) is 0 Å². The molecule has 3 nitrogen and oxygen atoms in total. The fourth-order valence-corrected chi connectivity index (χ4v) is 2.23. The fraction of sp³-hybridized carbons (Fsp3) is 0.444. The molecule has 0 radical (unpaired) electrons. The molecule has 1 heterocycles. The van der Waals surface area contributed by atoms with E-state index in [1.165, 1.54) is 11.3 Å². The van der Waals surface area contributed by atoms with Crippen LogP contribution in [-0.4, -0.2) is 22.7 Å². The molecule has 14 heavy (non-hydrogen) atoms. The highest BCUT2D eigenvalue weighted by Crippen LogP contribution is 2.23. The number of anilines is 1. The van der Waals surface area contributed by atoms with Crippen molar-refractivity contribution >= 4 is 28.8 Å². The van der Waals surface area contributed by atoms with Crippen LogP contribution < -0.4 is 5.32 Å². The Morgan fingerprint density at radius 3 is 3.07 bits per heavy atom. The lowest BCUT2D eigenvalue weighted by Crippen LogP contribution is -2.16. The molecule has 0 saturated heterocycles. The van der Waals surface area contributed by atoms with Crippen molar-refractivity contribution in [2.75, 3.05) is 11.9 Å². The summed E-state index contributed by atoms with van der Waals surface area (Å²) in [4.78, 5) is 4.10. The minimum Gasteiger partial charge on any atom is -0.396 e. The van der Waals surface area contributed by atoms with E-state index in [0.29, 0.717) is 4.47 Å². The molecule has 0 fully saturated rings. The number of thiazole rings is 1. The molecule has 1 aromatic heterocycles. The van der Waals surface area contributed by atoms with Gasteiger partial charge in [0.15, 0.2) is 4.47 Å². The average molecular weight is 231 g/mol. The zero-order chi connectivity index (χ0) is 9.97. The molecule has 1 aliphatic rings. The van der Waals surface area contributed by atoms with Crippen LogP contribution in [0.4, 0.5) is 5.82 Å². The molecule has 76 valence electrons. The van der Waals surface area contributed by atoms with Gasteiger partial charge in [0.2, 0.25) is 0 Å². The summed E-state index contributed by atoms with van der Waals surface area (Å²) in [5, 5.41) is 14.1. The minimum absolute atomic E-state index is 0.215. The van der Waals surface area contributed by atoms with E-state index in [0.717, 1.165) is 12.2 Å². The lowest BCUT2D eigenvalue weighted by atomic mass is 10.1. The summed E-state index contributed by atoms with van der Waals surface area (Å²) >= 11 is 7.12. The van der Waals surface area contributed by atoms with Crippen LogP contribution in [0, 0.1) is 5.92 Å². The van der Waals surface area contributed by atoms with Crippen molar-refractivity contribution < 1.29 is 5.11 Å². The summed E-state index contributed by atoms with van der Waals surface area (Å²) in [5.74, 6) is 1.09. The number of aliphatic hydroxyl groups excluding tert-OH is 1. The monoisotopic (exact) mass is 230 g/mol. The Balaban J connectivity index is 1.91. The van der Waals surface area contributed by atoms with Crippen molar-refractivity contribution in [2.45, 2.75) is 12.5 Å². The maximum atomic E-state index is 8.94. The maximum Gasteiger partial charge on any atom is 0.185 e. The van der Waals surface area contributed by atoms with Crippen molar-refractivity contribution in [1.29, 1.82) is 0 Å². The second-order valence-electron chi connectivity index (χ2n) is 3.30. The quantitative estimate of drug-likeness (QED) is 0.783. The van der Waals surface area contributed by atoms with E-state index < -0.39 is 0 Å². The summed E-state index contributed by atoms with van der Waals surface area (Å²) in [7, 11) is 0. The molecule has 0 saturated carbocycles. The standard InChI is InChI=1S/C9H11ClN2OS/c10-9-12-8(5-14-9)11-7-2-1-6(3-7)4-13/h1-2,5-7,11,13H,3-4H2/t6-,7+/m0/s1. The third kappa shape index (κ3) is 2.26. The topological polar surface area (TPSA) is 45.1 Å². The highest BCUT2D eigenvalue weighted by atomic mass is 35.5. The second kappa shape index (κ2) is 4.29. The first-order valence-corrected chi connectivity index (χ1v) is 5.70. The van der Waals surface area contributed by atoms with Gasteiger partial charge >= 0.3 is 0 Å². The highest BCUT2D eigenvalue weighted by molar-refractivity contribution is 7.14. The highest BCUT2D eigenvalue weighted by Gasteiger charge is 2.18. The molecule has 2 atom stereocenters. The molecule has 2 rings (SSSR count).